The van der Waals surface area contributed by atoms with Gasteiger partial charge in [-0.25, -0.2) is 18.7 Å². The highest BCUT2D eigenvalue weighted by molar-refractivity contribution is 7.21. The van der Waals surface area contributed by atoms with Crippen molar-refractivity contribution in [1.29, 1.82) is 5.26 Å². The van der Waals surface area contributed by atoms with Crippen molar-refractivity contribution in [2.24, 2.45) is 5.10 Å². The summed E-state index contributed by atoms with van der Waals surface area (Å²) in [4.78, 5) is 24.7. The van der Waals surface area contributed by atoms with Crippen LogP contribution in [-0.4, -0.2) is 41.1 Å². The third-order valence-corrected chi connectivity index (χ3v) is 6.06. The summed E-state index contributed by atoms with van der Waals surface area (Å²) in [5.41, 5.74) is 5.69. The van der Waals surface area contributed by atoms with Gasteiger partial charge in [0.25, 0.3) is 6.43 Å². The number of nitrogens with zero attached hydrogens (tertiary/aromatic N) is 5. The standard InChI is InChI=1S/C16H11F2NO2.C12H12N6S/c1-21-15-5-4-11(16(17)18)7-14(15)13-6-10(8-19)2-3-12(13)9-20;1-4-15-18-8(2)5-6-9-7-14-10-11(16-9)19-12(13-3)17-10/h2-7,9,16H,1H3;4,7,15H,1H2,2-3H3,(H,13,14,17)/b;18-8+. The summed E-state index contributed by atoms with van der Waals surface area (Å²) in [5, 5.41) is 16.6. The van der Waals surface area contributed by atoms with Gasteiger partial charge < -0.3 is 10.1 Å². The van der Waals surface area contributed by atoms with Crippen LogP contribution < -0.4 is 15.5 Å². The van der Waals surface area contributed by atoms with Crippen molar-refractivity contribution >= 4 is 38.9 Å². The molecule has 0 bridgehead atoms. The lowest BCUT2D eigenvalue weighted by atomic mass is 9.96. The number of nitrogens with one attached hydrogen (secondary N) is 2. The minimum absolute atomic E-state index is 0.176. The van der Waals surface area contributed by atoms with E-state index in [1.165, 1.54) is 61.0 Å². The van der Waals surface area contributed by atoms with Gasteiger partial charge in [0.05, 0.1) is 24.9 Å². The third kappa shape index (κ3) is 7.43. The molecule has 0 spiro atoms. The Morgan fingerprint density at radius 3 is 2.67 bits per heavy atom. The molecule has 4 rings (SSSR count). The molecule has 0 amide bonds. The molecule has 0 aliphatic rings. The number of thiazole rings is 1. The first-order chi connectivity index (χ1) is 19.3. The van der Waals surface area contributed by atoms with E-state index in [2.05, 4.69) is 49.2 Å². The second-order valence-corrected chi connectivity index (χ2v) is 8.70. The summed E-state index contributed by atoms with van der Waals surface area (Å²) in [7, 11) is 3.22. The molecule has 202 valence electrons. The highest BCUT2D eigenvalue weighted by Gasteiger charge is 2.15. The quantitative estimate of drug-likeness (QED) is 0.130. The van der Waals surface area contributed by atoms with Crippen molar-refractivity contribution in [2.45, 2.75) is 13.3 Å². The topological polar surface area (TPSA) is 125 Å². The Morgan fingerprint density at radius 2 is 2.02 bits per heavy atom. The molecule has 2 N–H and O–H groups in total. The van der Waals surface area contributed by atoms with Crippen LogP contribution in [0, 0.1) is 23.2 Å². The predicted octanol–water partition coefficient (Wildman–Crippen LogP) is 5.57. The van der Waals surface area contributed by atoms with E-state index in [0.29, 0.717) is 51.3 Å². The van der Waals surface area contributed by atoms with Crippen LogP contribution in [0.4, 0.5) is 13.9 Å². The lowest BCUT2D eigenvalue weighted by Gasteiger charge is -2.12. The molecule has 2 aromatic carbocycles. The fourth-order valence-corrected chi connectivity index (χ4v) is 4.00. The van der Waals surface area contributed by atoms with Crippen molar-refractivity contribution < 1.29 is 18.3 Å². The van der Waals surface area contributed by atoms with Gasteiger partial charge in [0.1, 0.15) is 17.2 Å². The first kappa shape index (κ1) is 29.4. The highest BCUT2D eigenvalue weighted by atomic mass is 32.1. The predicted molar refractivity (Wildman–Crippen MR) is 152 cm³/mol. The zero-order valence-corrected chi connectivity index (χ0v) is 22.5. The Labute approximate surface area is 233 Å². The number of rotatable bonds is 7. The molecule has 0 atom stereocenters. The largest absolute Gasteiger partial charge is 0.496 e. The SMILES string of the molecule is C=CN/N=C(\C)C#Cc1cnc2nc(NC)sc2n1.COc1ccc(C(F)F)cc1-c1cc(C#N)ccc1C=O. The number of hydrogen-bond donors (Lipinski definition) is 2. The van der Waals surface area contributed by atoms with Crippen molar-refractivity contribution in [3.05, 3.63) is 77.8 Å². The normalized spacial score (nSPS) is 10.5. The van der Waals surface area contributed by atoms with Crippen LogP contribution in [0.25, 0.3) is 21.6 Å². The number of alkyl halides is 2. The first-order valence-electron chi connectivity index (χ1n) is 11.5. The van der Waals surface area contributed by atoms with E-state index in [1.807, 2.05) is 13.1 Å². The van der Waals surface area contributed by atoms with Crippen LogP contribution in [0.2, 0.25) is 0 Å². The third-order valence-electron chi connectivity index (χ3n) is 5.11. The first-order valence-corrected chi connectivity index (χ1v) is 12.3. The molecule has 12 heteroatoms. The molecule has 0 unspecified atom stereocenters. The van der Waals surface area contributed by atoms with Gasteiger partial charge in [-0.1, -0.05) is 17.9 Å². The summed E-state index contributed by atoms with van der Waals surface area (Å²) in [6.07, 6.45) is 1.06. The van der Waals surface area contributed by atoms with E-state index in [9.17, 15) is 13.6 Å². The molecule has 0 saturated heterocycles. The Bertz CT molecular complexity index is 1670. The maximum Gasteiger partial charge on any atom is 0.263 e. The number of nitriles is 1. The maximum atomic E-state index is 12.9. The second kappa shape index (κ2) is 14.1. The molecule has 2 aromatic heterocycles. The van der Waals surface area contributed by atoms with E-state index in [1.54, 1.807) is 13.1 Å². The summed E-state index contributed by atoms with van der Waals surface area (Å²) in [6, 6.07) is 10.4. The molecule has 4 aromatic rings. The maximum absolute atomic E-state index is 12.9. The van der Waals surface area contributed by atoms with Gasteiger partial charge in [-0.3, -0.25) is 10.2 Å². The molecule has 0 radical (unpaired) electrons. The number of aldehydes is 1. The van der Waals surface area contributed by atoms with Crippen LogP contribution in [0.3, 0.4) is 0 Å². The van der Waals surface area contributed by atoms with Gasteiger partial charge in [-0.05, 0) is 60.7 Å². The minimum atomic E-state index is -2.63. The van der Waals surface area contributed by atoms with Crippen LogP contribution >= 0.6 is 11.3 Å². The Balaban J connectivity index is 0.000000222. The van der Waals surface area contributed by atoms with Crippen molar-refractivity contribution in [2.75, 3.05) is 19.5 Å². The number of carbonyl (C=O) groups is 1. The van der Waals surface area contributed by atoms with Gasteiger partial charge >= 0.3 is 0 Å². The fraction of sp³-hybridized carbons (Fsp3) is 0.143. The van der Waals surface area contributed by atoms with Crippen LogP contribution in [0.15, 0.2) is 60.5 Å². The highest BCUT2D eigenvalue weighted by Crippen LogP contribution is 2.35. The zero-order chi connectivity index (χ0) is 29.1. The van der Waals surface area contributed by atoms with Crippen molar-refractivity contribution in [1.82, 2.24) is 20.4 Å². The average molecular weight is 560 g/mol. The van der Waals surface area contributed by atoms with E-state index in [0.717, 1.165) is 9.96 Å². The smallest absolute Gasteiger partial charge is 0.263 e. The van der Waals surface area contributed by atoms with E-state index >= 15 is 0 Å². The van der Waals surface area contributed by atoms with Crippen molar-refractivity contribution in [3.8, 4) is 34.8 Å². The number of hydrazone groups is 1. The van der Waals surface area contributed by atoms with Gasteiger partial charge in [0.15, 0.2) is 21.9 Å². The van der Waals surface area contributed by atoms with Crippen molar-refractivity contribution in [3.63, 3.8) is 0 Å². The van der Waals surface area contributed by atoms with Gasteiger partial charge in [-0.2, -0.15) is 15.3 Å². The van der Waals surface area contributed by atoms with E-state index in [4.69, 9.17) is 10.00 Å². The summed E-state index contributed by atoms with van der Waals surface area (Å²) < 4.78 is 30.9. The molecule has 9 nitrogen and oxygen atoms in total. The van der Waals surface area contributed by atoms with E-state index < -0.39 is 6.43 Å². The Hall–Kier alpha value is -5.20. The van der Waals surface area contributed by atoms with E-state index in [-0.39, 0.29) is 5.56 Å². The number of carbonyl (C=O) groups excluding carboxylic acids is 1. The molecule has 40 heavy (non-hydrogen) atoms. The molecular formula is C28H23F2N7O2S. The number of hydrogen-bond acceptors (Lipinski definition) is 10. The number of benzene rings is 2. The number of ether oxygens (including phenoxy) is 1. The minimum Gasteiger partial charge on any atom is -0.496 e. The van der Waals surface area contributed by atoms with Crippen LogP contribution in [-0.2, 0) is 0 Å². The molecule has 2 heterocycles. The summed E-state index contributed by atoms with van der Waals surface area (Å²) >= 11 is 1.44. The monoisotopic (exact) mass is 559 g/mol. The molecule has 0 aliphatic heterocycles. The Kier molecular flexibility index (Phi) is 10.3. The van der Waals surface area contributed by atoms with Crippen LogP contribution in [0.1, 0.15) is 40.5 Å². The molecular weight excluding hydrogens is 536 g/mol. The molecule has 0 fully saturated rings. The summed E-state index contributed by atoms with van der Waals surface area (Å²) in [6.45, 7) is 5.29. The zero-order valence-electron chi connectivity index (χ0n) is 21.7. The van der Waals surface area contributed by atoms with Gasteiger partial charge in [-0.15, -0.1) is 0 Å². The van der Waals surface area contributed by atoms with Crippen LogP contribution in [0.5, 0.6) is 5.75 Å². The fourth-order valence-electron chi connectivity index (χ4n) is 3.25. The number of aromatic nitrogens is 3. The Morgan fingerprint density at radius 1 is 1.23 bits per heavy atom. The average Bonchev–Trinajstić information content (AvgIpc) is 3.41. The number of anilines is 1. The lowest BCUT2D eigenvalue weighted by Crippen LogP contribution is -1.97. The van der Waals surface area contributed by atoms with Gasteiger partial charge in [0, 0.05) is 29.9 Å². The molecule has 0 aliphatic carbocycles. The summed E-state index contributed by atoms with van der Waals surface area (Å²) in [5.74, 6) is 6.14. The number of fused-ring (bicyclic) bond motifs is 1. The lowest BCUT2D eigenvalue weighted by molar-refractivity contribution is 0.112. The van der Waals surface area contributed by atoms with Gasteiger partial charge in [0.2, 0.25) is 0 Å². The molecule has 0 saturated carbocycles. The number of methoxy groups -OCH3 is 1. The second-order valence-electron chi connectivity index (χ2n) is 7.73. The number of halogens is 2.